The Morgan fingerprint density at radius 1 is 1.19 bits per heavy atom. The monoisotopic (exact) mass is 362 g/mol. The average Bonchev–Trinajstić information content (AvgIpc) is 3.24. The van der Waals surface area contributed by atoms with Gasteiger partial charge in [-0.05, 0) is 42.7 Å². The van der Waals surface area contributed by atoms with Gasteiger partial charge in [-0.3, -0.25) is 14.9 Å². The Labute approximate surface area is 158 Å². The van der Waals surface area contributed by atoms with Gasteiger partial charge in [-0.15, -0.1) is 0 Å². The van der Waals surface area contributed by atoms with Crippen molar-refractivity contribution < 1.29 is 9.53 Å². The largest absolute Gasteiger partial charge is 0.497 e. The first-order valence-electron chi connectivity index (χ1n) is 9.14. The zero-order valence-electron chi connectivity index (χ0n) is 15.3. The topological polar surface area (TPSA) is 71.1 Å². The Bertz CT molecular complexity index is 915. The zero-order chi connectivity index (χ0) is 18.6. The van der Waals surface area contributed by atoms with Crippen LogP contribution in [0.4, 0.5) is 0 Å². The Morgan fingerprint density at radius 2 is 2.04 bits per heavy atom. The molecule has 3 aromatic rings. The summed E-state index contributed by atoms with van der Waals surface area (Å²) in [6, 6.07) is 13.4. The maximum atomic E-state index is 12.6. The van der Waals surface area contributed by atoms with Gasteiger partial charge in [0.1, 0.15) is 11.4 Å². The Morgan fingerprint density at radius 3 is 2.78 bits per heavy atom. The standard InChI is InChI=1S/C21H22N4O2/c1-27-17-6-4-5-16(13-17)18-14-23-24-20(18)15-8-11-25(12-9-15)21(26)19-7-2-3-10-22-19/h2-7,10,13-15H,8-9,11-12H2,1H3,(H,23,24). The minimum Gasteiger partial charge on any atom is -0.497 e. The highest BCUT2D eigenvalue weighted by Crippen LogP contribution is 2.35. The Hall–Kier alpha value is -3.15. The molecule has 3 heterocycles. The lowest BCUT2D eigenvalue weighted by molar-refractivity contribution is 0.0706. The summed E-state index contributed by atoms with van der Waals surface area (Å²) in [7, 11) is 1.67. The van der Waals surface area contributed by atoms with Gasteiger partial charge in [0, 0.05) is 36.5 Å². The third-order valence-electron chi connectivity index (χ3n) is 5.12. The molecule has 1 aliphatic rings. The van der Waals surface area contributed by atoms with E-state index in [4.69, 9.17) is 4.74 Å². The van der Waals surface area contributed by atoms with Crippen molar-refractivity contribution in [2.24, 2.45) is 0 Å². The highest BCUT2D eigenvalue weighted by molar-refractivity contribution is 5.92. The minimum atomic E-state index is 0.00619. The predicted octanol–water partition coefficient (Wildman–Crippen LogP) is 3.50. The fourth-order valence-corrected chi connectivity index (χ4v) is 3.65. The van der Waals surface area contributed by atoms with Gasteiger partial charge in [0.2, 0.25) is 0 Å². The highest BCUT2D eigenvalue weighted by Gasteiger charge is 2.27. The van der Waals surface area contributed by atoms with Crippen molar-refractivity contribution in [2.45, 2.75) is 18.8 Å². The maximum Gasteiger partial charge on any atom is 0.272 e. The number of piperidine rings is 1. The Balaban J connectivity index is 1.48. The number of aromatic nitrogens is 3. The molecule has 6 heteroatoms. The molecule has 2 aromatic heterocycles. The van der Waals surface area contributed by atoms with Gasteiger partial charge in [-0.1, -0.05) is 18.2 Å². The second-order valence-electron chi connectivity index (χ2n) is 6.71. The van der Waals surface area contributed by atoms with Crippen molar-refractivity contribution in [1.29, 1.82) is 0 Å². The second kappa shape index (κ2) is 7.61. The Kier molecular flexibility index (Phi) is 4.87. The third kappa shape index (κ3) is 3.56. The highest BCUT2D eigenvalue weighted by atomic mass is 16.5. The quantitative estimate of drug-likeness (QED) is 0.771. The maximum absolute atomic E-state index is 12.6. The third-order valence-corrected chi connectivity index (χ3v) is 5.12. The van der Waals surface area contributed by atoms with Crippen LogP contribution >= 0.6 is 0 Å². The van der Waals surface area contributed by atoms with Gasteiger partial charge < -0.3 is 9.64 Å². The lowest BCUT2D eigenvalue weighted by Crippen LogP contribution is -2.38. The lowest BCUT2D eigenvalue weighted by atomic mass is 9.89. The summed E-state index contributed by atoms with van der Waals surface area (Å²) in [6.45, 7) is 1.44. The van der Waals surface area contributed by atoms with Crippen molar-refractivity contribution in [3.05, 3.63) is 66.2 Å². The van der Waals surface area contributed by atoms with Gasteiger partial charge in [-0.2, -0.15) is 5.10 Å². The van der Waals surface area contributed by atoms with Crippen molar-refractivity contribution in [3.8, 4) is 16.9 Å². The molecule has 4 rings (SSSR count). The summed E-state index contributed by atoms with van der Waals surface area (Å²) < 4.78 is 5.34. The molecule has 1 fully saturated rings. The number of benzene rings is 1. The number of ether oxygens (including phenoxy) is 1. The van der Waals surface area contributed by atoms with Crippen molar-refractivity contribution in [3.63, 3.8) is 0 Å². The number of carbonyl (C=O) groups excluding carboxylic acids is 1. The second-order valence-corrected chi connectivity index (χ2v) is 6.71. The molecule has 0 aliphatic carbocycles. The van der Waals surface area contributed by atoms with Crippen molar-refractivity contribution >= 4 is 5.91 Å². The summed E-state index contributed by atoms with van der Waals surface area (Å²) >= 11 is 0. The summed E-state index contributed by atoms with van der Waals surface area (Å²) in [6.07, 6.45) is 5.33. The van der Waals surface area contributed by atoms with Crippen LogP contribution in [0, 0.1) is 0 Å². The molecule has 0 unspecified atom stereocenters. The molecule has 6 nitrogen and oxygen atoms in total. The number of hydrogen-bond donors (Lipinski definition) is 1. The van der Waals surface area contributed by atoms with E-state index in [1.807, 2.05) is 41.4 Å². The van der Waals surface area contributed by atoms with Crippen LogP contribution in [0.3, 0.4) is 0 Å². The van der Waals surface area contributed by atoms with E-state index < -0.39 is 0 Å². The molecule has 0 radical (unpaired) electrons. The molecule has 1 N–H and O–H groups in total. The van der Waals surface area contributed by atoms with Crippen molar-refractivity contribution in [1.82, 2.24) is 20.1 Å². The van der Waals surface area contributed by atoms with E-state index in [0.29, 0.717) is 11.6 Å². The molecular formula is C21H22N4O2. The number of hydrogen-bond acceptors (Lipinski definition) is 4. The molecule has 1 aromatic carbocycles. The van der Waals surface area contributed by atoms with E-state index >= 15 is 0 Å². The number of carbonyl (C=O) groups is 1. The fraction of sp³-hybridized carbons (Fsp3) is 0.286. The number of amides is 1. The zero-order valence-corrected chi connectivity index (χ0v) is 15.3. The number of H-pyrrole nitrogens is 1. The van der Waals surface area contributed by atoms with Gasteiger partial charge in [-0.25, -0.2) is 0 Å². The molecule has 27 heavy (non-hydrogen) atoms. The molecule has 1 aliphatic heterocycles. The molecule has 1 saturated heterocycles. The van der Waals surface area contributed by atoms with Crippen LogP contribution in [0.15, 0.2) is 54.9 Å². The fourth-order valence-electron chi connectivity index (χ4n) is 3.65. The number of nitrogens with zero attached hydrogens (tertiary/aromatic N) is 3. The van der Waals surface area contributed by atoms with Crippen LogP contribution in [0.5, 0.6) is 5.75 Å². The van der Waals surface area contributed by atoms with Crippen LogP contribution in [0.25, 0.3) is 11.1 Å². The molecule has 138 valence electrons. The van der Waals surface area contributed by atoms with Crippen LogP contribution in [-0.4, -0.2) is 46.2 Å². The number of likely N-dealkylation sites (tertiary alicyclic amines) is 1. The average molecular weight is 362 g/mol. The van der Waals surface area contributed by atoms with Crippen LogP contribution < -0.4 is 4.74 Å². The van der Waals surface area contributed by atoms with E-state index in [1.54, 1.807) is 19.4 Å². The number of rotatable bonds is 4. The van der Waals surface area contributed by atoms with Gasteiger partial charge >= 0.3 is 0 Å². The van der Waals surface area contributed by atoms with E-state index in [0.717, 1.165) is 48.5 Å². The van der Waals surface area contributed by atoms with Gasteiger partial charge in [0.25, 0.3) is 5.91 Å². The number of aromatic amines is 1. The summed E-state index contributed by atoms with van der Waals surface area (Å²) in [5, 5.41) is 7.46. The van der Waals surface area contributed by atoms with Gasteiger partial charge in [0.15, 0.2) is 0 Å². The number of pyridine rings is 1. The van der Waals surface area contributed by atoms with Crippen LogP contribution in [0.1, 0.15) is 34.9 Å². The smallest absolute Gasteiger partial charge is 0.272 e. The number of methoxy groups -OCH3 is 1. The van der Waals surface area contributed by atoms with Crippen molar-refractivity contribution in [2.75, 3.05) is 20.2 Å². The van der Waals surface area contributed by atoms with Gasteiger partial charge in [0.05, 0.1) is 13.3 Å². The van der Waals surface area contributed by atoms with E-state index in [9.17, 15) is 4.79 Å². The van der Waals surface area contributed by atoms with E-state index in [2.05, 4.69) is 21.2 Å². The molecule has 0 saturated carbocycles. The molecule has 0 spiro atoms. The van der Waals surface area contributed by atoms with Crippen LogP contribution in [0.2, 0.25) is 0 Å². The van der Waals surface area contributed by atoms with E-state index in [-0.39, 0.29) is 5.91 Å². The molecule has 1 amide bonds. The van der Waals surface area contributed by atoms with E-state index in [1.165, 1.54) is 0 Å². The minimum absolute atomic E-state index is 0.00619. The van der Waals surface area contributed by atoms with Crippen LogP contribution in [-0.2, 0) is 0 Å². The number of nitrogens with one attached hydrogen (secondary N) is 1. The SMILES string of the molecule is COc1cccc(-c2cn[nH]c2C2CCN(C(=O)c3ccccn3)CC2)c1. The molecule has 0 bridgehead atoms. The normalized spacial score (nSPS) is 14.9. The summed E-state index contributed by atoms with van der Waals surface area (Å²) in [5.41, 5.74) is 3.83. The summed E-state index contributed by atoms with van der Waals surface area (Å²) in [5.74, 6) is 1.18. The summed E-state index contributed by atoms with van der Waals surface area (Å²) in [4.78, 5) is 18.6. The first-order chi connectivity index (χ1) is 13.3. The predicted molar refractivity (Wildman–Crippen MR) is 103 cm³/mol. The molecular weight excluding hydrogens is 340 g/mol. The lowest BCUT2D eigenvalue weighted by Gasteiger charge is -2.31. The first-order valence-corrected chi connectivity index (χ1v) is 9.14. The molecule has 0 atom stereocenters. The first kappa shape index (κ1) is 17.3.